The molecule has 1 fully saturated rings. The van der Waals surface area contributed by atoms with E-state index in [9.17, 15) is 9.59 Å². The number of hydrogen-bond acceptors (Lipinski definition) is 3. The Hall–Kier alpha value is -2.36. The van der Waals surface area contributed by atoms with Crippen molar-refractivity contribution < 1.29 is 9.59 Å². The van der Waals surface area contributed by atoms with E-state index >= 15 is 0 Å². The van der Waals surface area contributed by atoms with Gasteiger partial charge in [-0.1, -0.05) is 24.3 Å². The molecule has 1 N–H and O–H groups in total. The third-order valence-electron chi connectivity index (χ3n) is 4.46. The lowest BCUT2D eigenvalue weighted by molar-refractivity contribution is -0.137. The van der Waals surface area contributed by atoms with Crippen LogP contribution >= 0.6 is 0 Å². The third kappa shape index (κ3) is 1.90. The van der Waals surface area contributed by atoms with Crippen LogP contribution in [0.2, 0.25) is 0 Å². The molecule has 4 nitrogen and oxygen atoms in total. The monoisotopic (exact) mass is 280 g/mol. The van der Waals surface area contributed by atoms with Gasteiger partial charge in [0, 0.05) is 23.9 Å². The Morgan fingerprint density at radius 1 is 0.905 bits per heavy atom. The molecule has 0 bridgehead atoms. The van der Waals surface area contributed by atoms with Crippen molar-refractivity contribution in [1.82, 2.24) is 4.90 Å². The lowest BCUT2D eigenvalue weighted by atomic mass is 10.0. The SMILES string of the molecule is O=C1CCC(=O)N1CNc1ccc2c3c(cccc13)CC2. The number of likely N-dealkylation sites (tertiary alicyclic amines) is 1. The fraction of sp³-hybridized carbons (Fsp3) is 0.294. The van der Waals surface area contributed by atoms with Gasteiger partial charge in [0.15, 0.2) is 0 Å². The summed E-state index contributed by atoms with van der Waals surface area (Å²) in [6.07, 6.45) is 2.87. The van der Waals surface area contributed by atoms with E-state index in [0.717, 1.165) is 18.5 Å². The molecule has 1 aliphatic carbocycles. The van der Waals surface area contributed by atoms with Gasteiger partial charge < -0.3 is 5.32 Å². The maximum Gasteiger partial charge on any atom is 0.231 e. The molecule has 1 saturated heterocycles. The molecule has 0 aromatic heterocycles. The topological polar surface area (TPSA) is 49.4 Å². The molecule has 4 rings (SSSR count). The number of carbonyl (C=O) groups excluding carboxylic acids is 2. The highest BCUT2D eigenvalue weighted by Gasteiger charge is 2.28. The van der Waals surface area contributed by atoms with Gasteiger partial charge in [0.25, 0.3) is 0 Å². The van der Waals surface area contributed by atoms with Crippen LogP contribution in [0.5, 0.6) is 0 Å². The predicted octanol–water partition coefficient (Wildman–Crippen LogP) is 2.46. The molecule has 1 aliphatic heterocycles. The summed E-state index contributed by atoms with van der Waals surface area (Å²) >= 11 is 0. The number of benzene rings is 2. The summed E-state index contributed by atoms with van der Waals surface area (Å²) in [6.45, 7) is 0.260. The van der Waals surface area contributed by atoms with Crippen molar-refractivity contribution in [2.45, 2.75) is 25.7 Å². The van der Waals surface area contributed by atoms with Crippen LogP contribution in [0.25, 0.3) is 10.8 Å². The van der Waals surface area contributed by atoms with Gasteiger partial charge in [0.1, 0.15) is 0 Å². The summed E-state index contributed by atoms with van der Waals surface area (Å²) in [5.41, 5.74) is 3.77. The van der Waals surface area contributed by atoms with E-state index in [0.29, 0.717) is 12.8 Å². The molecule has 0 radical (unpaired) electrons. The number of hydrogen-bond donors (Lipinski definition) is 1. The van der Waals surface area contributed by atoms with Crippen LogP contribution in [0, 0.1) is 0 Å². The van der Waals surface area contributed by atoms with E-state index in [-0.39, 0.29) is 18.5 Å². The Morgan fingerprint density at radius 3 is 2.38 bits per heavy atom. The first-order chi connectivity index (χ1) is 10.2. The molecular formula is C17H16N2O2. The van der Waals surface area contributed by atoms with Crippen molar-refractivity contribution in [3.05, 3.63) is 41.5 Å². The van der Waals surface area contributed by atoms with Crippen LogP contribution in [0.4, 0.5) is 5.69 Å². The maximum absolute atomic E-state index is 11.7. The zero-order valence-electron chi connectivity index (χ0n) is 11.7. The molecule has 0 atom stereocenters. The normalized spacial score (nSPS) is 17.0. The fourth-order valence-corrected chi connectivity index (χ4v) is 3.36. The third-order valence-corrected chi connectivity index (χ3v) is 4.46. The van der Waals surface area contributed by atoms with Gasteiger partial charge in [-0.05, 0) is 35.4 Å². The predicted molar refractivity (Wildman–Crippen MR) is 80.9 cm³/mol. The maximum atomic E-state index is 11.7. The van der Waals surface area contributed by atoms with Gasteiger partial charge in [0.2, 0.25) is 11.8 Å². The number of nitrogens with zero attached hydrogens (tertiary/aromatic N) is 1. The van der Waals surface area contributed by atoms with Crippen LogP contribution in [-0.4, -0.2) is 23.4 Å². The van der Waals surface area contributed by atoms with E-state index in [1.54, 1.807) is 0 Å². The summed E-state index contributed by atoms with van der Waals surface area (Å²) in [5, 5.41) is 5.77. The highest BCUT2D eigenvalue weighted by Crippen LogP contribution is 2.35. The lowest BCUT2D eigenvalue weighted by Crippen LogP contribution is -2.33. The molecule has 0 unspecified atom stereocenters. The van der Waals surface area contributed by atoms with Crippen LogP contribution in [-0.2, 0) is 22.4 Å². The number of carbonyl (C=O) groups is 2. The minimum absolute atomic E-state index is 0.0848. The summed E-state index contributed by atoms with van der Waals surface area (Å²) in [7, 11) is 0. The Balaban J connectivity index is 1.66. The lowest BCUT2D eigenvalue weighted by Gasteiger charge is -2.17. The molecule has 21 heavy (non-hydrogen) atoms. The molecule has 0 spiro atoms. The van der Waals surface area contributed by atoms with Gasteiger partial charge in [-0.15, -0.1) is 0 Å². The summed E-state index contributed by atoms with van der Waals surface area (Å²) in [5.74, 6) is -0.170. The van der Waals surface area contributed by atoms with Crippen LogP contribution in [0.3, 0.4) is 0 Å². The van der Waals surface area contributed by atoms with Gasteiger partial charge in [-0.25, -0.2) is 0 Å². The number of aryl methyl sites for hydroxylation is 2. The fourth-order valence-electron chi connectivity index (χ4n) is 3.36. The number of anilines is 1. The highest BCUT2D eigenvalue weighted by molar-refractivity contribution is 6.03. The number of imide groups is 1. The van der Waals surface area contributed by atoms with E-state index in [1.807, 2.05) is 0 Å². The second-order valence-corrected chi connectivity index (χ2v) is 5.66. The summed E-state index contributed by atoms with van der Waals surface area (Å²) in [4.78, 5) is 24.6. The Labute approximate surface area is 122 Å². The summed E-state index contributed by atoms with van der Waals surface area (Å²) < 4.78 is 0. The average molecular weight is 280 g/mol. The van der Waals surface area contributed by atoms with Crippen molar-refractivity contribution in [1.29, 1.82) is 0 Å². The van der Waals surface area contributed by atoms with Crippen molar-refractivity contribution >= 4 is 28.3 Å². The highest BCUT2D eigenvalue weighted by atomic mass is 16.2. The first-order valence-corrected chi connectivity index (χ1v) is 7.34. The second kappa shape index (κ2) is 4.58. The van der Waals surface area contributed by atoms with Gasteiger partial charge in [-0.3, -0.25) is 14.5 Å². The van der Waals surface area contributed by atoms with Gasteiger partial charge in [-0.2, -0.15) is 0 Å². The Kier molecular flexibility index (Phi) is 2.70. The average Bonchev–Trinajstić information content (AvgIpc) is 3.05. The second-order valence-electron chi connectivity index (χ2n) is 5.66. The Bertz CT molecular complexity index is 740. The number of amides is 2. The molecule has 0 saturated carbocycles. The molecule has 2 aromatic rings. The Morgan fingerprint density at radius 2 is 1.62 bits per heavy atom. The van der Waals surface area contributed by atoms with Crippen molar-refractivity contribution in [2.75, 3.05) is 12.0 Å². The zero-order valence-corrected chi connectivity index (χ0v) is 11.7. The van der Waals surface area contributed by atoms with Crippen molar-refractivity contribution in [3.63, 3.8) is 0 Å². The molecule has 2 amide bonds. The number of nitrogens with one attached hydrogen (secondary N) is 1. The van der Waals surface area contributed by atoms with E-state index in [4.69, 9.17) is 0 Å². The van der Waals surface area contributed by atoms with Crippen molar-refractivity contribution in [3.8, 4) is 0 Å². The molecule has 2 aromatic carbocycles. The van der Waals surface area contributed by atoms with Crippen LogP contribution in [0.15, 0.2) is 30.3 Å². The van der Waals surface area contributed by atoms with E-state index in [2.05, 4.69) is 35.6 Å². The zero-order chi connectivity index (χ0) is 14.4. The molecular weight excluding hydrogens is 264 g/mol. The minimum Gasteiger partial charge on any atom is -0.367 e. The number of rotatable bonds is 3. The quantitative estimate of drug-likeness (QED) is 0.879. The minimum atomic E-state index is -0.0848. The van der Waals surface area contributed by atoms with Gasteiger partial charge in [0.05, 0.1) is 6.67 Å². The van der Waals surface area contributed by atoms with Crippen molar-refractivity contribution in [2.24, 2.45) is 0 Å². The standard InChI is InChI=1S/C17H16N2O2/c20-15-8-9-16(21)19(15)10-18-14-7-6-12-5-4-11-2-1-3-13(14)17(11)12/h1-3,6-7,18H,4-5,8-10H2. The molecule has 106 valence electrons. The van der Waals surface area contributed by atoms with E-state index < -0.39 is 0 Å². The van der Waals surface area contributed by atoms with Gasteiger partial charge >= 0.3 is 0 Å². The largest absolute Gasteiger partial charge is 0.367 e. The van der Waals surface area contributed by atoms with Crippen LogP contribution < -0.4 is 5.32 Å². The smallest absolute Gasteiger partial charge is 0.231 e. The first-order valence-electron chi connectivity index (χ1n) is 7.34. The van der Waals surface area contributed by atoms with E-state index in [1.165, 1.54) is 26.8 Å². The first kappa shape index (κ1) is 12.4. The summed E-state index contributed by atoms with van der Waals surface area (Å²) in [6, 6.07) is 10.6. The molecule has 2 aliphatic rings. The molecule has 4 heteroatoms. The van der Waals surface area contributed by atoms with Crippen LogP contribution in [0.1, 0.15) is 24.0 Å². The molecule has 1 heterocycles.